The molecular formula is C44H28N4. The number of aryl methyl sites for hydroxylation is 1. The monoisotopic (exact) mass is 612 g/mol. The molecule has 0 aliphatic heterocycles. The van der Waals surface area contributed by atoms with Crippen molar-refractivity contribution < 1.29 is 0 Å². The van der Waals surface area contributed by atoms with Gasteiger partial charge in [0.15, 0.2) is 0 Å². The topological polar surface area (TPSA) is 57.4 Å². The van der Waals surface area contributed by atoms with Crippen LogP contribution in [-0.4, -0.2) is 9.13 Å². The summed E-state index contributed by atoms with van der Waals surface area (Å²) in [6, 6.07) is 51.2. The van der Waals surface area contributed by atoms with Gasteiger partial charge in [-0.2, -0.15) is 10.5 Å². The Kier molecular flexibility index (Phi) is 6.35. The summed E-state index contributed by atoms with van der Waals surface area (Å²) in [7, 11) is 0. The van der Waals surface area contributed by atoms with E-state index in [4.69, 9.17) is 0 Å². The van der Waals surface area contributed by atoms with E-state index in [0.29, 0.717) is 11.1 Å². The number of hydrogen-bond acceptors (Lipinski definition) is 2. The molecule has 0 atom stereocenters. The largest absolute Gasteiger partial charge is 0.309 e. The third kappa shape index (κ3) is 4.14. The van der Waals surface area contributed by atoms with E-state index >= 15 is 0 Å². The first kappa shape index (κ1) is 27.7. The highest BCUT2D eigenvalue weighted by Crippen LogP contribution is 2.41. The van der Waals surface area contributed by atoms with Crippen molar-refractivity contribution >= 4 is 38.8 Å². The summed E-state index contributed by atoms with van der Waals surface area (Å²) >= 11 is 0. The Balaban J connectivity index is 1.24. The molecule has 0 radical (unpaired) electrons. The molecular weight excluding hydrogens is 585 g/mol. The maximum Gasteiger partial charge on any atom is 0.103 e. The van der Waals surface area contributed by atoms with E-state index in [9.17, 15) is 10.5 Å². The molecule has 9 rings (SSSR count). The van der Waals surface area contributed by atoms with E-state index in [1.165, 1.54) is 32.8 Å². The number of para-hydroxylation sites is 3. The van der Waals surface area contributed by atoms with Gasteiger partial charge in [0.2, 0.25) is 0 Å². The lowest BCUT2D eigenvalue weighted by molar-refractivity contribution is 0.966. The van der Waals surface area contributed by atoms with Crippen molar-refractivity contribution in [3.8, 4) is 45.8 Å². The van der Waals surface area contributed by atoms with E-state index in [2.05, 4.69) is 149 Å². The minimum absolute atomic E-state index is 0.373. The van der Waals surface area contributed by atoms with Gasteiger partial charge in [-0.3, -0.25) is 0 Å². The maximum absolute atomic E-state index is 10.5. The van der Waals surface area contributed by atoms with Crippen molar-refractivity contribution in [2.45, 2.75) is 12.8 Å². The number of nitrogens with zero attached hydrogens (tertiary/aromatic N) is 4. The van der Waals surface area contributed by atoms with Gasteiger partial charge in [0.1, 0.15) is 12.1 Å². The molecule has 0 bridgehead atoms. The van der Waals surface area contributed by atoms with E-state index in [-0.39, 0.29) is 0 Å². The average molecular weight is 613 g/mol. The molecule has 4 heteroatoms. The molecule has 6 aromatic carbocycles. The number of hydrogen-bond donors (Lipinski definition) is 0. The summed E-state index contributed by atoms with van der Waals surface area (Å²) in [6.07, 6.45) is 6.28. The Morgan fingerprint density at radius 3 is 1.88 bits per heavy atom. The highest BCUT2D eigenvalue weighted by atomic mass is 15.0. The zero-order chi connectivity index (χ0) is 32.2. The quantitative estimate of drug-likeness (QED) is 0.199. The normalized spacial score (nSPS) is 12.3. The van der Waals surface area contributed by atoms with E-state index < -0.39 is 0 Å². The summed E-state index contributed by atoms with van der Waals surface area (Å²) in [5, 5.41) is 24.3. The SMILES string of the molecule is N#Cc1ccc(-c2cccc(-c3cccc(-n4c5ccccc5c5ccccc54)c3)c2)c(-n2c3c(c4ccccc42)CCC=C3)c1C#N. The second kappa shape index (κ2) is 11.0. The number of fused-ring (bicyclic) bond motifs is 6. The predicted molar refractivity (Wildman–Crippen MR) is 195 cm³/mol. The first-order valence-corrected chi connectivity index (χ1v) is 16.2. The van der Waals surface area contributed by atoms with Crippen LogP contribution in [0.1, 0.15) is 28.8 Å². The molecule has 0 unspecified atom stereocenters. The molecule has 2 aromatic heterocycles. The third-order valence-corrected chi connectivity index (χ3v) is 9.68. The van der Waals surface area contributed by atoms with Gasteiger partial charge >= 0.3 is 0 Å². The summed E-state index contributed by atoms with van der Waals surface area (Å²) in [5.41, 5.74) is 12.4. The van der Waals surface area contributed by atoms with Crippen molar-refractivity contribution in [1.82, 2.24) is 9.13 Å². The van der Waals surface area contributed by atoms with Gasteiger partial charge in [0.25, 0.3) is 0 Å². The highest BCUT2D eigenvalue weighted by Gasteiger charge is 2.24. The van der Waals surface area contributed by atoms with Gasteiger partial charge < -0.3 is 9.13 Å². The van der Waals surface area contributed by atoms with Crippen LogP contribution in [0.4, 0.5) is 0 Å². The first-order valence-electron chi connectivity index (χ1n) is 16.2. The van der Waals surface area contributed by atoms with Gasteiger partial charge in [-0.25, -0.2) is 0 Å². The van der Waals surface area contributed by atoms with Crippen molar-refractivity contribution in [3.05, 3.63) is 162 Å². The molecule has 224 valence electrons. The number of rotatable bonds is 4. The van der Waals surface area contributed by atoms with Crippen molar-refractivity contribution in [1.29, 1.82) is 10.5 Å². The zero-order valence-electron chi connectivity index (χ0n) is 26.1. The Morgan fingerprint density at radius 2 is 1.17 bits per heavy atom. The first-order chi connectivity index (χ1) is 23.7. The third-order valence-electron chi connectivity index (χ3n) is 9.68. The zero-order valence-corrected chi connectivity index (χ0v) is 26.1. The Bertz CT molecular complexity index is 2650. The van der Waals surface area contributed by atoms with Gasteiger partial charge in [-0.05, 0) is 83.6 Å². The van der Waals surface area contributed by atoms with Crippen LogP contribution in [0.2, 0.25) is 0 Å². The van der Waals surface area contributed by atoms with Crippen LogP contribution in [0.15, 0.2) is 140 Å². The van der Waals surface area contributed by atoms with E-state index in [1.54, 1.807) is 6.07 Å². The molecule has 0 N–H and O–H groups in total. The summed E-state index contributed by atoms with van der Waals surface area (Å²) in [5.74, 6) is 0. The van der Waals surface area contributed by atoms with E-state index in [1.807, 2.05) is 12.1 Å². The van der Waals surface area contributed by atoms with Crippen LogP contribution in [-0.2, 0) is 6.42 Å². The molecule has 4 nitrogen and oxygen atoms in total. The molecule has 0 amide bonds. The van der Waals surface area contributed by atoms with Crippen LogP contribution < -0.4 is 0 Å². The number of nitriles is 2. The Labute approximate surface area is 278 Å². The lowest BCUT2D eigenvalue weighted by atomic mass is 9.93. The fraction of sp³-hybridized carbons (Fsp3) is 0.0455. The molecule has 8 aromatic rings. The predicted octanol–water partition coefficient (Wildman–Crippen LogP) is 10.8. The summed E-state index contributed by atoms with van der Waals surface area (Å²) in [6.45, 7) is 0. The Hall–Kier alpha value is -6.62. The lowest BCUT2D eigenvalue weighted by Gasteiger charge is -2.19. The van der Waals surface area contributed by atoms with Crippen molar-refractivity contribution in [2.75, 3.05) is 0 Å². The fourth-order valence-corrected chi connectivity index (χ4v) is 7.58. The second-order valence-corrected chi connectivity index (χ2v) is 12.3. The van der Waals surface area contributed by atoms with Gasteiger partial charge in [0.05, 0.1) is 33.4 Å². The van der Waals surface area contributed by atoms with Crippen molar-refractivity contribution in [3.63, 3.8) is 0 Å². The molecule has 1 aliphatic rings. The average Bonchev–Trinajstić information content (AvgIpc) is 3.67. The number of aromatic nitrogens is 2. The lowest BCUT2D eigenvalue weighted by Crippen LogP contribution is -2.06. The molecule has 0 saturated carbocycles. The fourth-order valence-electron chi connectivity index (χ4n) is 7.58. The molecule has 1 aliphatic carbocycles. The van der Waals surface area contributed by atoms with Crippen molar-refractivity contribution in [2.24, 2.45) is 0 Å². The highest BCUT2D eigenvalue weighted by molar-refractivity contribution is 6.09. The molecule has 0 spiro atoms. The molecule has 2 heterocycles. The summed E-state index contributed by atoms with van der Waals surface area (Å²) in [4.78, 5) is 0. The van der Waals surface area contributed by atoms with Gasteiger partial charge in [-0.1, -0.05) is 97.1 Å². The number of benzene rings is 6. The maximum atomic E-state index is 10.5. The van der Waals surface area contributed by atoms with E-state index in [0.717, 1.165) is 57.7 Å². The Morgan fingerprint density at radius 1 is 0.542 bits per heavy atom. The standard InChI is InChI=1S/C44H28N4/c45-27-32-23-24-34(44(39(32)28-46)48-42-21-7-3-17-37(42)38-18-4-8-22-43(38)48)31-13-9-11-29(25-31)30-12-10-14-33(26-30)47-40-19-5-1-15-35(40)36-16-2-6-20-41(36)47/h1-3,5-17,19-26H,4,18H2. The minimum Gasteiger partial charge on any atom is -0.309 e. The van der Waals surface area contributed by atoms with Gasteiger partial charge in [0, 0.05) is 33.1 Å². The molecule has 48 heavy (non-hydrogen) atoms. The van der Waals surface area contributed by atoms with Crippen LogP contribution in [0.3, 0.4) is 0 Å². The van der Waals surface area contributed by atoms with Gasteiger partial charge in [-0.15, -0.1) is 0 Å². The second-order valence-electron chi connectivity index (χ2n) is 12.3. The van der Waals surface area contributed by atoms with Crippen LogP contribution in [0.5, 0.6) is 0 Å². The van der Waals surface area contributed by atoms with Crippen LogP contribution >= 0.6 is 0 Å². The minimum atomic E-state index is 0.373. The smallest absolute Gasteiger partial charge is 0.103 e. The molecule has 0 fully saturated rings. The van der Waals surface area contributed by atoms with Crippen LogP contribution in [0.25, 0.3) is 72.4 Å². The number of allylic oxidation sites excluding steroid dienone is 1. The summed E-state index contributed by atoms with van der Waals surface area (Å²) < 4.78 is 4.54. The van der Waals surface area contributed by atoms with Crippen LogP contribution in [0, 0.1) is 22.7 Å². The molecule has 0 saturated heterocycles.